The molecule has 1 rings (SSSR count). The van der Waals surface area contributed by atoms with Crippen molar-refractivity contribution >= 4 is 11.6 Å². The van der Waals surface area contributed by atoms with Gasteiger partial charge in [0.15, 0.2) is 5.56 Å². The lowest BCUT2D eigenvalue weighted by molar-refractivity contribution is -0.0720. The number of ether oxygens (including phenoxy) is 1. The molecule has 5 nitrogen and oxygen atoms in total. The van der Waals surface area contributed by atoms with Crippen molar-refractivity contribution < 1.29 is 25.2 Å². The summed E-state index contributed by atoms with van der Waals surface area (Å²) in [4.78, 5) is 0. The topological polar surface area (TPSA) is 90.2 Å². The smallest absolute Gasteiger partial charge is 0.160 e. The van der Waals surface area contributed by atoms with Crippen LogP contribution in [0.1, 0.15) is 0 Å². The lowest BCUT2D eigenvalue weighted by Gasteiger charge is -2.18. The van der Waals surface area contributed by atoms with Gasteiger partial charge in [0.05, 0.1) is 6.61 Å². The van der Waals surface area contributed by atoms with Gasteiger partial charge in [0.2, 0.25) is 0 Å². The van der Waals surface area contributed by atoms with E-state index in [1.807, 2.05) is 0 Å². The quantitative estimate of drug-likeness (QED) is 0.387. The molecule has 0 aromatic heterocycles. The Morgan fingerprint density at radius 3 is 2.25 bits per heavy atom. The first-order valence-corrected chi connectivity index (χ1v) is 3.96. The van der Waals surface area contributed by atoms with Crippen LogP contribution in [-0.2, 0) is 4.74 Å². The van der Waals surface area contributed by atoms with Crippen molar-refractivity contribution in [2.45, 2.75) is 30.0 Å². The van der Waals surface area contributed by atoms with E-state index in [1.165, 1.54) is 0 Å². The molecule has 4 N–H and O–H groups in total. The van der Waals surface area contributed by atoms with E-state index >= 15 is 0 Å². The minimum Gasteiger partial charge on any atom is -0.394 e. The third-order valence-electron chi connectivity index (χ3n) is 1.81. The summed E-state index contributed by atoms with van der Waals surface area (Å²) < 4.78 is 4.79. The average molecular weight is 199 g/mol. The highest BCUT2D eigenvalue weighted by Crippen LogP contribution is 2.25. The Bertz CT molecular complexity index is 155. The summed E-state index contributed by atoms with van der Waals surface area (Å²) in [5, 5.41) is 35.9. The van der Waals surface area contributed by atoms with Crippen molar-refractivity contribution in [3.63, 3.8) is 0 Å². The number of halogens is 1. The van der Waals surface area contributed by atoms with E-state index in [9.17, 15) is 5.11 Å². The van der Waals surface area contributed by atoms with Gasteiger partial charge in [-0.15, -0.1) is 0 Å². The molecular weight excluding hydrogens is 188 g/mol. The fourth-order valence-electron chi connectivity index (χ4n) is 1.08. The molecule has 1 heterocycles. The van der Waals surface area contributed by atoms with Gasteiger partial charge in [0.1, 0.15) is 24.4 Å². The summed E-state index contributed by atoms with van der Waals surface area (Å²) in [6.07, 6.45) is -4.72. The molecular formula is C6H11ClO5. The highest BCUT2D eigenvalue weighted by atomic mass is 35.5. The standard InChI is InChI=1S/C6H11ClO5/c7-6-4(11)3(10)5(12-6)2(9)1-8/h2-6,8-11H,1H2/t2-,3-,4+,5-,6+/m1/s1. The molecule has 12 heavy (non-hydrogen) atoms. The van der Waals surface area contributed by atoms with Gasteiger partial charge in [-0.25, -0.2) is 0 Å². The molecule has 72 valence electrons. The number of aliphatic hydroxyl groups excluding tert-OH is 4. The molecule has 6 heteroatoms. The third-order valence-corrected chi connectivity index (χ3v) is 2.17. The average Bonchev–Trinajstić information content (AvgIpc) is 2.32. The molecule has 5 atom stereocenters. The second-order valence-corrected chi connectivity index (χ2v) is 3.11. The minimum atomic E-state index is -1.25. The predicted molar refractivity (Wildman–Crippen MR) is 39.6 cm³/mol. The van der Waals surface area contributed by atoms with Crippen molar-refractivity contribution in [1.82, 2.24) is 0 Å². The SMILES string of the molecule is OC[C@@H](O)[C@H]1O[C@H](Cl)[C@@H](O)[C@H]1O. The molecule has 1 aliphatic heterocycles. The zero-order valence-corrected chi connectivity index (χ0v) is 6.92. The summed E-state index contributed by atoms with van der Waals surface area (Å²) >= 11 is 5.43. The van der Waals surface area contributed by atoms with Gasteiger partial charge < -0.3 is 25.2 Å². The van der Waals surface area contributed by atoms with E-state index in [0.29, 0.717) is 0 Å². The van der Waals surface area contributed by atoms with Gasteiger partial charge in [0, 0.05) is 0 Å². The van der Waals surface area contributed by atoms with Gasteiger partial charge in [-0.2, -0.15) is 0 Å². The van der Waals surface area contributed by atoms with Crippen molar-refractivity contribution in [2.75, 3.05) is 6.61 Å². The Morgan fingerprint density at radius 1 is 1.33 bits per heavy atom. The molecule has 0 spiro atoms. The number of alkyl halides is 1. The van der Waals surface area contributed by atoms with Crippen molar-refractivity contribution in [3.8, 4) is 0 Å². The maximum Gasteiger partial charge on any atom is 0.160 e. The van der Waals surface area contributed by atoms with Crippen LogP contribution in [0.25, 0.3) is 0 Å². The molecule has 0 bridgehead atoms. The summed E-state index contributed by atoms with van der Waals surface area (Å²) in [5.41, 5.74) is -1.04. The lowest BCUT2D eigenvalue weighted by atomic mass is 10.1. The number of hydrogen-bond donors (Lipinski definition) is 4. The monoisotopic (exact) mass is 198 g/mol. The van der Waals surface area contributed by atoms with Crippen LogP contribution < -0.4 is 0 Å². The first-order chi connectivity index (χ1) is 5.57. The summed E-state index contributed by atoms with van der Waals surface area (Å²) in [5.74, 6) is 0. The molecule has 1 fully saturated rings. The summed E-state index contributed by atoms with van der Waals surface area (Å²) in [6.45, 7) is -0.544. The molecule has 0 amide bonds. The van der Waals surface area contributed by atoms with Gasteiger partial charge >= 0.3 is 0 Å². The third kappa shape index (κ3) is 1.71. The largest absolute Gasteiger partial charge is 0.394 e. The molecule has 0 aliphatic carbocycles. The van der Waals surface area contributed by atoms with Crippen LogP contribution in [0.5, 0.6) is 0 Å². The zero-order valence-electron chi connectivity index (χ0n) is 6.17. The molecule has 1 aliphatic rings. The Balaban J connectivity index is 2.58. The van der Waals surface area contributed by atoms with Crippen molar-refractivity contribution in [1.29, 1.82) is 0 Å². The van der Waals surface area contributed by atoms with Gasteiger partial charge in [-0.1, -0.05) is 11.6 Å². The van der Waals surface area contributed by atoms with E-state index in [-0.39, 0.29) is 0 Å². The molecule has 0 saturated carbocycles. The fraction of sp³-hybridized carbons (Fsp3) is 1.00. The Hall–Kier alpha value is 0.0900. The number of aliphatic hydroxyl groups is 4. The van der Waals surface area contributed by atoms with Crippen LogP contribution in [0, 0.1) is 0 Å². The highest BCUT2D eigenvalue weighted by molar-refractivity contribution is 6.20. The first-order valence-electron chi connectivity index (χ1n) is 3.52. The van der Waals surface area contributed by atoms with E-state index < -0.39 is 36.6 Å². The van der Waals surface area contributed by atoms with Crippen LogP contribution in [0.15, 0.2) is 0 Å². The van der Waals surface area contributed by atoms with E-state index in [2.05, 4.69) is 0 Å². The Morgan fingerprint density at radius 2 is 1.92 bits per heavy atom. The van der Waals surface area contributed by atoms with Gasteiger partial charge in [-0.05, 0) is 0 Å². The molecule has 0 radical (unpaired) electrons. The van der Waals surface area contributed by atoms with E-state index in [0.717, 1.165) is 0 Å². The van der Waals surface area contributed by atoms with Crippen LogP contribution >= 0.6 is 11.6 Å². The maximum atomic E-state index is 9.20. The molecule has 0 aromatic rings. The van der Waals surface area contributed by atoms with Crippen LogP contribution in [0.2, 0.25) is 0 Å². The maximum absolute atomic E-state index is 9.20. The first kappa shape index (κ1) is 10.2. The van der Waals surface area contributed by atoms with Gasteiger partial charge in [-0.3, -0.25) is 0 Å². The highest BCUT2D eigenvalue weighted by Gasteiger charge is 2.44. The van der Waals surface area contributed by atoms with E-state index in [4.69, 9.17) is 31.7 Å². The van der Waals surface area contributed by atoms with E-state index in [1.54, 1.807) is 0 Å². The van der Waals surface area contributed by atoms with Gasteiger partial charge in [0.25, 0.3) is 0 Å². The fourth-order valence-corrected chi connectivity index (χ4v) is 1.35. The minimum absolute atomic E-state index is 0.544. The Kier molecular flexibility index (Phi) is 3.28. The second-order valence-electron chi connectivity index (χ2n) is 2.68. The molecule has 1 saturated heterocycles. The summed E-state index contributed by atoms with van der Waals surface area (Å²) in [7, 11) is 0. The summed E-state index contributed by atoms with van der Waals surface area (Å²) in [6, 6.07) is 0. The van der Waals surface area contributed by atoms with Crippen molar-refractivity contribution in [3.05, 3.63) is 0 Å². The van der Waals surface area contributed by atoms with Crippen LogP contribution in [0.4, 0.5) is 0 Å². The number of rotatable bonds is 2. The Labute approximate surface area is 74.2 Å². The van der Waals surface area contributed by atoms with Crippen molar-refractivity contribution in [2.24, 2.45) is 0 Å². The normalized spacial score (nSPS) is 44.8. The lowest BCUT2D eigenvalue weighted by Crippen LogP contribution is -2.40. The number of hydrogen-bond acceptors (Lipinski definition) is 5. The molecule has 0 unspecified atom stereocenters. The van der Waals surface area contributed by atoms with Crippen LogP contribution in [-0.4, -0.2) is 57.0 Å². The predicted octanol–water partition coefficient (Wildman–Crippen LogP) is -1.97. The zero-order chi connectivity index (χ0) is 9.30. The second kappa shape index (κ2) is 3.87. The molecule has 0 aromatic carbocycles. The van der Waals surface area contributed by atoms with Crippen LogP contribution in [0.3, 0.4) is 0 Å².